The Balaban J connectivity index is 1.39. The molecule has 1 fully saturated rings. The third-order valence-corrected chi connectivity index (χ3v) is 6.18. The number of unbranched alkanes of at least 4 members (excludes halogenated alkanes) is 1. The summed E-state index contributed by atoms with van der Waals surface area (Å²) in [5.74, 6) is 0.728. The highest BCUT2D eigenvalue weighted by atomic mass is 35.5. The van der Waals surface area contributed by atoms with Crippen LogP contribution in [0.4, 0.5) is 5.69 Å². The number of Topliss-reactive ketones (excluding diaryl/α,β-unsaturated/α-hetero) is 1. The topological polar surface area (TPSA) is 49.4 Å². The first-order chi connectivity index (χ1) is 14.6. The average Bonchev–Trinajstić information content (AvgIpc) is 2.77. The first-order valence-electron chi connectivity index (χ1n) is 11.0. The molecular weight excluding hydrogens is 396 g/mol. The van der Waals surface area contributed by atoms with Gasteiger partial charge in [-0.15, -0.1) is 0 Å². The summed E-state index contributed by atoms with van der Waals surface area (Å²) < 4.78 is 0. The molecule has 1 amide bonds. The Bertz CT molecular complexity index is 860. The van der Waals surface area contributed by atoms with Crippen LogP contribution in [0, 0.1) is 0 Å². The number of amides is 1. The van der Waals surface area contributed by atoms with Crippen molar-refractivity contribution in [2.24, 2.45) is 0 Å². The number of nitrogens with zero attached hydrogens (tertiary/aromatic N) is 1. The number of hydrogen-bond acceptors (Lipinski definition) is 3. The largest absolute Gasteiger partial charge is 0.326 e. The van der Waals surface area contributed by atoms with E-state index in [2.05, 4.69) is 22.3 Å². The van der Waals surface area contributed by atoms with E-state index in [1.165, 1.54) is 5.56 Å². The van der Waals surface area contributed by atoms with Crippen molar-refractivity contribution < 1.29 is 9.59 Å². The number of anilines is 1. The second kappa shape index (κ2) is 11.3. The molecule has 1 heterocycles. The predicted molar refractivity (Wildman–Crippen MR) is 123 cm³/mol. The zero-order valence-corrected chi connectivity index (χ0v) is 18.5. The highest BCUT2D eigenvalue weighted by molar-refractivity contribution is 6.33. The summed E-state index contributed by atoms with van der Waals surface area (Å²) in [6.07, 6.45) is 5.22. The van der Waals surface area contributed by atoms with Crippen LogP contribution in [0.1, 0.15) is 67.3 Å². The number of likely N-dealkylation sites (tertiary alicyclic amines) is 1. The van der Waals surface area contributed by atoms with Crippen LogP contribution in [0.25, 0.3) is 0 Å². The van der Waals surface area contributed by atoms with Crippen LogP contribution in [0.5, 0.6) is 0 Å². The van der Waals surface area contributed by atoms with Crippen molar-refractivity contribution in [2.75, 3.05) is 25.0 Å². The molecule has 0 unspecified atom stereocenters. The van der Waals surface area contributed by atoms with Gasteiger partial charge < -0.3 is 10.2 Å². The van der Waals surface area contributed by atoms with Gasteiger partial charge in [-0.3, -0.25) is 9.59 Å². The summed E-state index contributed by atoms with van der Waals surface area (Å²) in [5, 5.41) is 3.50. The molecule has 30 heavy (non-hydrogen) atoms. The Hall–Kier alpha value is -2.17. The minimum Gasteiger partial charge on any atom is -0.326 e. The highest BCUT2D eigenvalue weighted by Crippen LogP contribution is 2.29. The average molecular weight is 427 g/mol. The third kappa shape index (κ3) is 6.41. The van der Waals surface area contributed by atoms with E-state index in [4.69, 9.17) is 11.6 Å². The van der Waals surface area contributed by atoms with Gasteiger partial charge in [0.25, 0.3) is 0 Å². The van der Waals surface area contributed by atoms with Gasteiger partial charge in [0.2, 0.25) is 5.91 Å². The number of halogens is 1. The molecule has 2 aromatic rings. The van der Waals surface area contributed by atoms with Crippen LogP contribution in [0.15, 0.2) is 48.5 Å². The number of piperidine rings is 1. The molecule has 1 aliphatic rings. The zero-order chi connectivity index (χ0) is 21.3. The molecule has 0 bridgehead atoms. The van der Waals surface area contributed by atoms with Gasteiger partial charge in [-0.1, -0.05) is 42.8 Å². The summed E-state index contributed by atoms with van der Waals surface area (Å²) in [5.41, 5.74) is 2.84. The smallest absolute Gasteiger partial charge is 0.224 e. The normalized spacial score (nSPS) is 15.1. The molecule has 1 N–H and O–H groups in total. The van der Waals surface area contributed by atoms with Crippen molar-refractivity contribution in [3.8, 4) is 0 Å². The molecule has 1 saturated heterocycles. The number of benzene rings is 2. The summed E-state index contributed by atoms with van der Waals surface area (Å²) in [7, 11) is 0. The molecule has 160 valence electrons. The minimum absolute atomic E-state index is 0.0509. The van der Waals surface area contributed by atoms with Crippen molar-refractivity contribution in [1.29, 1.82) is 0 Å². The van der Waals surface area contributed by atoms with E-state index in [1.54, 1.807) is 12.1 Å². The van der Waals surface area contributed by atoms with Gasteiger partial charge in [-0.25, -0.2) is 0 Å². The first kappa shape index (κ1) is 22.5. The van der Waals surface area contributed by atoms with Gasteiger partial charge in [0.1, 0.15) is 0 Å². The lowest BCUT2D eigenvalue weighted by Crippen LogP contribution is -2.33. The molecule has 3 rings (SSSR count). The SMILES string of the molecule is CCC(=O)Nc1cccc(C2CCN(CCCCC(=O)c3ccccc3Cl)CC2)c1. The highest BCUT2D eigenvalue weighted by Gasteiger charge is 2.20. The maximum absolute atomic E-state index is 12.3. The quantitative estimate of drug-likeness (QED) is 0.400. The van der Waals surface area contributed by atoms with Crippen LogP contribution < -0.4 is 5.32 Å². The van der Waals surface area contributed by atoms with E-state index in [-0.39, 0.29) is 11.7 Å². The molecule has 0 aromatic heterocycles. The molecule has 0 saturated carbocycles. The van der Waals surface area contributed by atoms with Crippen LogP contribution in [-0.2, 0) is 4.79 Å². The Labute approximate surface area is 184 Å². The second-order valence-electron chi connectivity index (χ2n) is 8.00. The van der Waals surface area contributed by atoms with Crippen LogP contribution in [0.3, 0.4) is 0 Å². The van der Waals surface area contributed by atoms with Gasteiger partial charge in [0.15, 0.2) is 5.78 Å². The van der Waals surface area contributed by atoms with Crippen molar-refractivity contribution in [3.05, 3.63) is 64.7 Å². The molecule has 0 spiro atoms. The van der Waals surface area contributed by atoms with Gasteiger partial charge in [0, 0.05) is 24.1 Å². The number of ketones is 1. The Kier molecular flexibility index (Phi) is 8.47. The maximum atomic E-state index is 12.3. The lowest BCUT2D eigenvalue weighted by atomic mass is 9.89. The molecular formula is C25H31ClN2O2. The Morgan fingerprint density at radius 1 is 1.07 bits per heavy atom. The van der Waals surface area contributed by atoms with E-state index in [0.29, 0.717) is 29.3 Å². The van der Waals surface area contributed by atoms with Crippen molar-refractivity contribution in [3.63, 3.8) is 0 Å². The van der Waals surface area contributed by atoms with Crippen LogP contribution >= 0.6 is 11.6 Å². The van der Waals surface area contributed by atoms with Gasteiger partial charge in [-0.2, -0.15) is 0 Å². The second-order valence-corrected chi connectivity index (χ2v) is 8.41. The van der Waals surface area contributed by atoms with Gasteiger partial charge in [-0.05, 0) is 81.1 Å². The standard InChI is InChI=1S/C25H31ClN2O2/c1-2-25(30)27-21-9-7-8-20(18-21)19-13-16-28(17-14-19)15-6-5-12-24(29)22-10-3-4-11-23(22)26/h3-4,7-11,18-19H,2,5-6,12-17H2,1H3,(H,27,30). The van der Waals surface area contributed by atoms with E-state index in [1.807, 2.05) is 31.2 Å². The van der Waals surface area contributed by atoms with Crippen molar-refractivity contribution in [1.82, 2.24) is 4.90 Å². The molecule has 2 aromatic carbocycles. The summed E-state index contributed by atoms with van der Waals surface area (Å²) in [6, 6.07) is 15.6. The Morgan fingerprint density at radius 3 is 2.57 bits per heavy atom. The van der Waals surface area contributed by atoms with E-state index >= 15 is 0 Å². The lowest BCUT2D eigenvalue weighted by Gasteiger charge is -2.32. The summed E-state index contributed by atoms with van der Waals surface area (Å²) in [4.78, 5) is 26.4. The lowest BCUT2D eigenvalue weighted by molar-refractivity contribution is -0.115. The van der Waals surface area contributed by atoms with Crippen LogP contribution in [-0.4, -0.2) is 36.2 Å². The third-order valence-electron chi connectivity index (χ3n) is 5.85. The fraction of sp³-hybridized carbons (Fsp3) is 0.440. The number of rotatable bonds is 9. The summed E-state index contributed by atoms with van der Waals surface area (Å²) >= 11 is 6.11. The van der Waals surface area contributed by atoms with E-state index in [0.717, 1.165) is 51.0 Å². The molecule has 0 aliphatic carbocycles. The number of carbonyl (C=O) groups excluding carboxylic acids is 2. The number of hydrogen-bond donors (Lipinski definition) is 1. The van der Waals surface area contributed by atoms with E-state index in [9.17, 15) is 9.59 Å². The van der Waals surface area contributed by atoms with Gasteiger partial charge in [0.05, 0.1) is 5.02 Å². The fourth-order valence-electron chi connectivity index (χ4n) is 4.05. The molecule has 0 radical (unpaired) electrons. The fourth-order valence-corrected chi connectivity index (χ4v) is 4.29. The predicted octanol–water partition coefficient (Wildman–Crippen LogP) is 5.92. The van der Waals surface area contributed by atoms with Crippen molar-refractivity contribution >= 4 is 29.0 Å². The monoisotopic (exact) mass is 426 g/mol. The maximum Gasteiger partial charge on any atom is 0.224 e. The van der Waals surface area contributed by atoms with Crippen LogP contribution in [0.2, 0.25) is 5.02 Å². The minimum atomic E-state index is 0.0509. The number of carbonyl (C=O) groups is 2. The summed E-state index contributed by atoms with van der Waals surface area (Å²) in [6.45, 7) is 5.06. The zero-order valence-electron chi connectivity index (χ0n) is 17.7. The molecule has 5 heteroatoms. The van der Waals surface area contributed by atoms with Gasteiger partial charge >= 0.3 is 0 Å². The Morgan fingerprint density at radius 2 is 1.83 bits per heavy atom. The molecule has 1 aliphatic heterocycles. The molecule has 0 atom stereocenters. The molecule has 4 nitrogen and oxygen atoms in total. The van der Waals surface area contributed by atoms with E-state index < -0.39 is 0 Å². The number of nitrogens with one attached hydrogen (secondary N) is 1. The van der Waals surface area contributed by atoms with Crippen molar-refractivity contribution in [2.45, 2.75) is 51.4 Å². The first-order valence-corrected chi connectivity index (χ1v) is 11.3.